The molecule has 1 aliphatic heterocycles. The molecule has 3 rings (SSSR count). The second-order valence-corrected chi connectivity index (χ2v) is 6.49. The van der Waals surface area contributed by atoms with Gasteiger partial charge < -0.3 is 14.5 Å². The molecule has 1 saturated heterocycles. The largest absolute Gasteiger partial charge is 0.481 e. The summed E-state index contributed by atoms with van der Waals surface area (Å²) in [6.07, 6.45) is -0.554. The van der Waals surface area contributed by atoms with Crippen LogP contribution in [0.2, 0.25) is 0 Å². The maximum absolute atomic E-state index is 12.6. The third-order valence-electron chi connectivity index (χ3n) is 4.63. The SMILES string of the molecule is CC(=O)c1ccc(OC(C)C(=O)N2CCN(c3ccccc3)CC2)cc1. The molecule has 1 unspecified atom stereocenters. The van der Waals surface area contributed by atoms with Crippen LogP contribution in [0.4, 0.5) is 5.69 Å². The van der Waals surface area contributed by atoms with Gasteiger partial charge >= 0.3 is 0 Å². The van der Waals surface area contributed by atoms with Crippen LogP contribution in [0.1, 0.15) is 24.2 Å². The van der Waals surface area contributed by atoms with Gasteiger partial charge in [0.1, 0.15) is 5.75 Å². The summed E-state index contributed by atoms with van der Waals surface area (Å²) in [7, 11) is 0. The van der Waals surface area contributed by atoms with Crippen LogP contribution in [0.25, 0.3) is 0 Å². The van der Waals surface area contributed by atoms with Crippen LogP contribution in [-0.4, -0.2) is 48.9 Å². The molecule has 1 aliphatic rings. The number of ketones is 1. The number of nitrogens with zero attached hydrogens (tertiary/aromatic N) is 2. The van der Waals surface area contributed by atoms with Gasteiger partial charge in [0.15, 0.2) is 11.9 Å². The van der Waals surface area contributed by atoms with E-state index in [4.69, 9.17) is 4.74 Å². The number of anilines is 1. The number of Topliss-reactive ketones (excluding diaryl/α,β-unsaturated/α-hetero) is 1. The highest BCUT2D eigenvalue weighted by molar-refractivity contribution is 5.94. The molecule has 26 heavy (non-hydrogen) atoms. The van der Waals surface area contributed by atoms with E-state index in [2.05, 4.69) is 17.0 Å². The monoisotopic (exact) mass is 352 g/mol. The van der Waals surface area contributed by atoms with Crippen molar-refractivity contribution in [1.82, 2.24) is 4.90 Å². The maximum Gasteiger partial charge on any atom is 0.263 e. The molecule has 0 bridgehead atoms. The zero-order valence-electron chi connectivity index (χ0n) is 15.2. The van der Waals surface area contributed by atoms with Crippen LogP contribution in [0.5, 0.6) is 5.75 Å². The van der Waals surface area contributed by atoms with E-state index in [0.29, 0.717) is 24.4 Å². The van der Waals surface area contributed by atoms with Crippen molar-refractivity contribution in [3.8, 4) is 5.75 Å². The second kappa shape index (κ2) is 8.04. The highest BCUT2D eigenvalue weighted by Crippen LogP contribution is 2.18. The van der Waals surface area contributed by atoms with Gasteiger partial charge in [-0.1, -0.05) is 18.2 Å². The van der Waals surface area contributed by atoms with Gasteiger partial charge in [-0.3, -0.25) is 9.59 Å². The van der Waals surface area contributed by atoms with Crippen LogP contribution in [-0.2, 0) is 4.79 Å². The molecule has 2 aromatic carbocycles. The number of ether oxygens (including phenoxy) is 1. The van der Waals surface area contributed by atoms with Gasteiger partial charge in [0, 0.05) is 37.4 Å². The molecule has 5 nitrogen and oxygen atoms in total. The Balaban J connectivity index is 1.53. The average Bonchev–Trinajstić information content (AvgIpc) is 2.68. The van der Waals surface area contributed by atoms with E-state index in [1.807, 2.05) is 23.1 Å². The minimum Gasteiger partial charge on any atom is -0.481 e. The molecule has 0 aliphatic carbocycles. The molecular formula is C21H24N2O3. The zero-order valence-corrected chi connectivity index (χ0v) is 15.2. The quantitative estimate of drug-likeness (QED) is 0.776. The van der Waals surface area contributed by atoms with E-state index in [0.717, 1.165) is 13.1 Å². The molecule has 1 amide bonds. The van der Waals surface area contributed by atoms with Crippen LogP contribution in [0.15, 0.2) is 54.6 Å². The van der Waals surface area contributed by atoms with Crippen molar-refractivity contribution >= 4 is 17.4 Å². The minimum atomic E-state index is -0.554. The maximum atomic E-state index is 12.6. The van der Waals surface area contributed by atoms with E-state index < -0.39 is 6.10 Å². The van der Waals surface area contributed by atoms with Gasteiger partial charge in [0.25, 0.3) is 5.91 Å². The number of hydrogen-bond donors (Lipinski definition) is 0. The Labute approximate surface area is 154 Å². The molecule has 5 heteroatoms. The predicted molar refractivity (Wildman–Crippen MR) is 102 cm³/mol. The van der Waals surface area contributed by atoms with Gasteiger partial charge in [-0.2, -0.15) is 0 Å². The molecule has 1 atom stereocenters. The summed E-state index contributed by atoms with van der Waals surface area (Å²) in [5, 5.41) is 0. The topological polar surface area (TPSA) is 49.9 Å². The summed E-state index contributed by atoms with van der Waals surface area (Å²) in [6, 6.07) is 17.1. The average molecular weight is 352 g/mol. The van der Waals surface area contributed by atoms with E-state index in [9.17, 15) is 9.59 Å². The van der Waals surface area contributed by atoms with Gasteiger partial charge in [-0.05, 0) is 50.2 Å². The number of carbonyl (C=O) groups excluding carboxylic acids is 2. The van der Waals surface area contributed by atoms with Crippen molar-refractivity contribution < 1.29 is 14.3 Å². The lowest BCUT2D eigenvalue weighted by atomic mass is 10.1. The first-order valence-electron chi connectivity index (χ1n) is 8.91. The Morgan fingerprint density at radius 1 is 0.923 bits per heavy atom. The first-order chi connectivity index (χ1) is 12.5. The van der Waals surface area contributed by atoms with Crippen LogP contribution >= 0.6 is 0 Å². The molecular weight excluding hydrogens is 328 g/mol. The number of piperazine rings is 1. The Bertz CT molecular complexity index is 751. The molecule has 0 radical (unpaired) electrons. The van der Waals surface area contributed by atoms with Crippen molar-refractivity contribution in [3.63, 3.8) is 0 Å². The van der Waals surface area contributed by atoms with Crippen LogP contribution in [0.3, 0.4) is 0 Å². The van der Waals surface area contributed by atoms with Gasteiger partial charge in [0.05, 0.1) is 0 Å². The summed E-state index contributed by atoms with van der Waals surface area (Å²) >= 11 is 0. The molecule has 1 heterocycles. The van der Waals surface area contributed by atoms with Gasteiger partial charge in [-0.25, -0.2) is 0 Å². The normalized spacial score (nSPS) is 15.5. The fourth-order valence-electron chi connectivity index (χ4n) is 3.10. The zero-order chi connectivity index (χ0) is 18.5. The minimum absolute atomic E-state index is 0.00615. The van der Waals surface area contributed by atoms with Crippen molar-refractivity contribution in [2.75, 3.05) is 31.1 Å². The first-order valence-corrected chi connectivity index (χ1v) is 8.91. The first kappa shape index (κ1) is 18.0. The van der Waals surface area contributed by atoms with E-state index in [1.165, 1.54) is 12.6 Å². The van der Waals surface area contributed by atoms with Gasteiger partial charge in [-0.15, -0.1) is 0 Å². The Kier molecular flexibility index (Phi) is 5.56. The van der Waals surface area contributed by atoms with E-state index >= 15 is 0 Å². The third-order valence-corrected chi connectivity index (χ3v) is 4.63. The smallest absolute Gasteiger partial charge is 0.263 e. The summed E-state index contributed by atoms with van der Waals surface area (Å²) in [4.78, 5) is 28.1. The molecule has 2 aromatic rings. The standard InChI is InChI=1S/C21H24N2O3/c1-16(24)18-8-10-20(11-9-18)26-17(2)21(25)23-14-12-22(13-15-23)19-6-4-3-5-7-19/h3-11,17H,12-15H2,1-2H3. The molecule has 0 saturated carbocycles. The summed E-state index contributed by atoms with van der Waals surface area (Å²) in [6.45, 7) is 6.29. The van der Waals surface area contributed by atoms with Crippen molar-refractivity contribution in [2.45, 2.75) is 20.0 Å². The van der Waals surface area contributed by atoms with Crippen molar-refractivity contribution in [3.05, 3.63) is 60.2 Å². The number of para-hydroxylation sites is 1. The number of benzene rings is 2. The summed E-state index contributed by atoms with van der Waals surface area (Å²) in [5.41, 5.74) is 1.82. The lowest BCUT2D eigenvalue weighted by molar-refractivity contribution is -0.138. The number of carbonyl (C=O) groups is 2. The fourth-order valence-corrected chi connectivity index (χ4v) is 3.10. The predicted octanol–water partition coefficient (Wildman–Crippen LogP) is 3.01. The lowest BCUT2D eigenvalue weighted by Gasteiger charge is -2.37. The number of hydrogen-bond acceptors (Lipinski definition) is 4. The Morgan fingerprint density at radius 3 is 2.12 bits per heavy atom. The van der Waals surface area contributed by atoms with Crippen LogP contribution in [0, 0.1) is 0 Å². The number of rotatable bonds is 5. The molecule has 0 aromatic heterocycles. The Hall–Kier alpha value is -2.82. The highest BCUT2D eigenvalue weighted by Gasteiger charge is 2.26. The fraction of sp³-hybridized carbons (Fsp3) is 0.333. The summed E-state index contributed by atoms with van der Waals surface area (Å²) < 4.78 is 5.76. The lowest BCUT2D eigenvalue weighted by Crippen LogP contribution is -2.52. The van der Waals surface area contributed by atoms with E-state index in [1.54, 1.807) is 31.2 Å². The molecule has 0 N–H and O–H groups in total. The second-order valence-electron chi connectivity index (χ2n) is 6.49. The molecule has 1 fully saturated rings. The van der Waals surface area contributed by atoms with Gasteiger partial charge in [0.2, 0.25) is 0 Å². The van der Waals surface area contributed by atoms with Crippen LogP contribution < -0.4 is 9.64 Å². The van der Waals surface area contributed by atoms with E-state index in [-0.39, 0.29) is 11.7 Å². The molecule has 136 valence electrons. The van der Waals surface area contributed by atoms with Crippen molar-refractivity contribution in [1.29, 1.82) is 0 Å². The third kappa shape index (κ3) is 4.23. The Morgan fingerprint density at radius 2 is 1.54 bits per heavy atom. The van der Waals surface area contributed by atoms with Crippen molar-refractivity contribution in [2.24, 2.45) is 0 Å². The number of amides is 1. The summed E-state index contributed by atoms with van der Waals surface area (Å²) in [5.74, 6) is 0.601. The highest BCUT2D eigenvalue weighted by atomic mass is 16.5. The molecule has 0 spiro atoms.